The van der Waals surface area contributed by atoms with Crippen LogP contribution in [0.1, 0.15) is 22.8 Å². The fraction of sp³-hybridized carbons (Fsp3) is 0.176. The lowest BCUT2D eigenvalue weighted by atomic mass is 10.1. The Hall–Kier alpha value is -2.53. The molecule has 2 amide bonds. The Labute approximate surface area is 139 Å². The first-order valence-corrected chi connectivity index (χ1v) is 7.31. The van der Waals surface area contributed by atoms with Crippen molar-refractivity contribution in [3.63, 3.8) is 0 Å². The van der Waals surface area contributed by atoms with Gasteiger partial charge in [0.2, 0.25) is 5.91 Å². The summed E-state index contributed by atoms with van der Waals surface area (Å²) in [7, 11) is 1.51. The number of hydrogen-bond donors (Lipinski definition) is 2. The van der Waals surface area contributed by atoms with E-state index < -0.39 is 0 Å². The van der Waals surface area contributed by atoms with Crippen LogP contribution in [-0.2, 0) is 4.79 Å². The second-order valence-electron chi connectivity index (χ2n) is 5.03. The van der Waals surface area contributed by atoms with Crippen LogP contribution in [0.2, 0.25) is 5.02 Å². The van der Waals surface area contributed by atoms with Crippen molar-refractivity contribution in [2.75, 3.05) is 17.7 Å². The van der Waals surface area contributed by atoms with Gasteiger partial charge in [0.25, 0.3) is 5.91 Å². The maximum Gasteiger partial charge on any atom is 0.259 e. The highest BCUT2D eigenvalue weighted by Crippen LogP contribution is 2.27. The molecule has 0 aliphatic rings. The Kier molecular flexibility index (Phi) is 5.24. The maximum atomic E-state index is 12.4. The van der Waals surface area contributed by atoms with Crippen molar-refractivity contribution in [3.05, 3.63) is 52.5 Å². The molecule has 0 fully saturated rings. The lowest BCUT2D eigenvalue weighted by Gasteiger charge is -2.11. The van der Waals surface area contributed by atoms with E-state index in [1.54, 1.807) is 30.3 Å². The van der Waals surface area contributed by atoms with Crippen LogP contribution in [0.3, 0.4) is 0 Å². The molecule has 2 aromatic rings. The molecule has 0 bridgehead atoms. The molecule has 0 spiro atoms. The molecule has 0 aliphatic carbocycles. The molecular weight excluding hydrogens is 316 g/mol. The van der Waals surface area contributed by atoms with Crippen LogP contribution in [0.4, 0.5) is 11.4 Å². The van der Waals surface area contributed by atoms with Crippen LogP contribution in [-0.4, -0.2) is 18.9 Å². The first kappa shape index (κ1) is 16.8. The monoisotopic (exact) mass is 332 g/mol. The van der Waals surface area contributed by atoms with Gasteiger partial charge in [-0.1, -0.05) is 23.2 Å². The Bertz CT molecular complexity index is 759. The van der Waals surface area contributed by atoms with E-state index in [0.717, 1.165) is 5.56 Å². The summed E-state index contributed by atoms with van der Waals surface area (Å²) in [6.07, 6.45) is 0. The van der Waals surface area contributed by atoms with E-state index in [2.05, 4.69) is 10.6 Å². The smallest absolute Gasteiger partial charge is 0.259 e. The third-order valence-electron chi connectivity index (χ3n) is 3.14. The summed E-state index contributed by atoms with van der Waals surface area (Å²) in [5.74, 6) is -0.0175. The van der Waals surface area contributed by atoms with E-state index >= 15 is 0 Å². The van der Waals surface area contributed by atoms with Gasteiger partial charge >= 0.3 is 0 Å². The number of benzene rings is 2. The van der Waals surface area contributed by atoms with Gasteiger partial charge < -0.3 is 15.4 Å². The average molecular weight is 333 g/mol. The Morgan fingerprint density at radius 3 is 2.43 bits per heavy atom. The number of amides is 2. The van der Waals surface area contributed by atoms with Crippen LogP contribution >= 0.6 is 11.6 Å². The minimum absolute atomic E-state index is 0.215. The largest absolute Gasteiger partial charge is 0.496 e. The predicted octanol–water partition coefficient (Wildman–Crippen LogP) is 3.87. The number of carbonyl (C=O) groups excluding carboxylic acids is 2. The van der Waals surface area contributed by atoms with Gasteiger partial charge in [0.1, 0.15) is 5.75 Å². The van der Waals surface area contributed by atoms with Crippen molar-refractivity contribution < 1.29 is 14.3 Å². The molecule has 0 radical (unpaired) electrons. The summed E-state index contributed by atoms with van der Waals surface area (Å²) in [4.78, 5) is 23.5. The molecule has 0 saturated heterocycles. The first-order valence-electron chi connectivity index (χ1n) is 6.94. The quantitative estimate of drug-likeness (QED) is 0.893. The number of ether oxygens (including phenoxy) is 1. The number of halogens is 1. The van der Waals surface area contributed by atoms with E-state index in [1.807, 2.05) is 13.0 Å². The molecule has 6 heteroatoms. The standard InChI is InChI=1S/C17H17ClN2O3/c1-10-4-7-16(23-3)13(8-10)17(22)20-12-5-6-15(14(18)9-12)19-11(2)21/h4-9H,1-3H3,(H,19,21)(H,20,22). The summed E-state index contributed by atoms with van der Waals surface area (Å²) in [6.45, 7) is 3.30. The Morgan fingerprint density at radius 2 is 1.83 bits per heavy atom. The van der Waals surface area contributed by atoms with Gasteiger partial charge in [-0.3, -0.25) is 9.59 Å². The number of carbonyl (C=O) groups is 2. The molecule has 120 valence electrons. The van der Waals surface area contributed by atoms with Crippen LogP contribution in [0.25, 0.3) is 0 Å². The molecular formula is C17H17ClN2O3. The molecule has 2 aromatic carbocycles. The summed E-state index contributed by atoms with van der Waals surface area (Å²) < 4.78 is 5.21. The minimum Gasteiger partial charge on any atom is -0.496 e. The normalized spacial score (nSPS) is 10.1. The topological polar surface area (TPSA) is 67.4 Å². The van der Waals surface area contributed by atoms with E-state index in [9.17, 15) is 9.59 Å². The van der Waals surface area contributed by atoms with Gasteiger partial charge in [0.05, 0.1) is 23.4 Å². The van der Waals surface area contributed by atoms with Gasteiger partial charge in [-0.2, -0.15) is 0 Å². The van der Waals surface area contributed by atoms with Gasteiger partial charge in [-0.15, -0.1) is 0 Å². The Balaban J connectivity index is 2.22. The van der Waals surface area contributed by atoms with Crippen molar-refractivity contribution >= 4 is 34.8 Å². The van der Waals surface area contributed by atoms with Gasteiger partial charge in [0.15, 0.2) is 0 Å². The molecule has 0 atom stereocenters. The molecule has 0 aliphatic heterocycles. The predicted molar refractivity (Wildman–Crippen MR) is 91.4 cm³/mol. The lowest BCUT2D eigenvalue weighted by Crippen LogP contribution is -2.13. The second-order valence-corrected chi connectivity index (χ2v) is 5.44. The van der Waals surface area contributed by atoms with Crippen LogP contribution in [0.5, 0.6) is 5.75 Å². The maximum absolute atomic E-state index is 12.4. The van der Waals surface area contributed by atoms with Gasteiger partial charge in [-0.05, 0) is 37.3 Å². The number of hydrogen-bond acceptors (Lipinski definition) is 3. The average Bonchev–Trinajstić information content (AvgIpc) is 2.49. The number of aryl methyl sites for hydroxylation is 1. The fourth-order valence-corrected chi connectivity index (χ4v) is 2.31. The molecule has 2 rings (SSSR count). The molecule has 0 saturated carbocycles. The van der Waals surface area contributed by atoms with E-state index in [4.69, 9.17) is 16.3 Å². The molecule has 2 N–H and O–H groups in total. The van der Waals surface area contributed by atoms with Crippen LogP contribution < -0.4 is 15.4 Å². The van der Waals surface area contributed by atoms with E-state index in [-0.39, 0.29) is 11.8 Å². The van der Waals surface area contributed by atoms with Crippen molar-refractivity contribution in [2.45, 2.75) is 13.8 Å². The zero-order chi connectivity index (χ0) is 17.0. The van der Waals surface area contributed by atoms with E-state index in [1.165, 1.54) is 14.0 Å². The van der Waals surface area contributed by atoms with Gasteiger partial charge in [0, 0.05) is 12.6 Å². The number of anilines is 2. The number of nitrogens with one attached hydrogen (secondary N) is 2. The molecule has 5 nitrogen and oxygen atoms in total. The third-order valence-corrected chi connectivity index (χ3v) is 3.45. The zero-order valence-electron chi connectivity index (χ0n) is 13.1. The van der Waals surface area contributed by atoms with Crippen molar-refractivity contribution in [1.29, 1.82) is 0 Å². The van der Waals surface area contributed by atoms with Crippen molar-refractivity contribution in [2.24, 2.45) is 0 Å². The number of rotatable bonds is 4. The van der Waals surface area contributed by atoms with Gasteiger partial charge in [-0.25, -0.2) is 0 Å². The highest BCUT2D eigenvalue weighted by Gasteiger charge is 2.13. The minimum atomic E-state index is -0.297. The van der Waals surface area contributed by atoms with Crippen LogP contribution in [0, 0.1) is 6.92 Å². The lowest BCUT2D eigenvalue weighted by molar-refractivity contribution is -0.114. The zero-order valence-corrected chi connectivity index (χ0v) is 13.8. The molecule has 23 heavy (non-hydrogen) atoms. The highest BCUT2D eigenvalue weighted by molar-refractivity contribution is 6.34. The SMILES string of the molecule is COc1ccc(C)cc1C(=O)Nc1ccc(NC(C)=O)c(Cl)c1. The molecule has 0 heterocycles. The second kappa shape index (κ2) is 7.15. The summed E-state index contributed by atoms with van der Waals surface area (Å²) in [5.41, 5.74) is 2.41. The summed E-state index contributed by atoms with van der Waals surface area (Å²) in [5, 5.41) is 5.71. The molecule has 0 aromatic heterocycles. The van der Waals surface area contributed by atoms with Crippen LogP contribution in [0.15, 0.2) is 36.4 Å². The molecule has 0 unspecified atom stereocenters. The third kappa shape index (κ3) is 4.23. The summed E-state index contributed by atoms with van der Waals surface area (Å²) in [6, 6.07) is 10.2. The fourth-order valence-electron chi connectivity index (χ4n) is 2.08. The highest BCUT2D eigenvalue weighted by atomic mass is 35.5. The Morgan fingerprint density at radius 1 is 1.09 bits per heavy atom. The summed E-state index contributed by atoms with van der Waals surface area (Å²) >= 11 is 6.10. The number of methoxy groups -OCH3 is 1. The van der Waals surface area contributed by atoms with Crippen molar-refractivity contribution in [1.82, 2.24) is 0 Å². The van der Waals surface area contributed by atoms with E-state index in [0.29, 0.717) is 27.7 Å². The first-order chi connectivity index (χ1) is 10.9. The van der Waals surface area contributed by atoms with Crippen molar-refractivity contribution in [3.8, 4) is 5.75 Å².